The van der Waals surface area contributed by atoms with Gasteiger partial charge in [-0.2, -0.15) is 0 Å². The summed E-state index contributed by atoms with van der Waals surface area (Å²) in [5.41, 5.74) is 1.91. The predicted octanol–water partition coefficient (Wildman–Crippen LogP) is 4.69. The van der Waals surface area contributed by atoms with Crippen LogP contribution in [0.5, 0.6) is 5.75 Å². The van der Waals surface area contributed by atoms with E-state index in [1.807, 2.05) is 42.5 Å². The van der Waals surface area contributed by atoms with Crippen molar-refractivity contribution in [2.45, 2.75) is 23.7 Å². The number of aliphatic hydroxyl groups excluding tert-OH is 1. The second kappa shape index (κ2) is 7.02. The molecule has 2 nitrogen and oxygen atoms in total. The van der Waals surface area contributed by atoms with Gasteiger partial charge in [-0.25, -0.2) is 0 Å². The average molecular weight is 309 g/mol. The number of hydrogen-bond acceptors (Lipinski definition) is 3. The normalized spacial score (nSPS) is 12.2. The van der Waals surface area contributed by atoms with Crippen LogP contribution in [0.4, 0.5) is 0 Å². The molecular weight excluding hydrogens is 292 g/mol. The Morgan fingerprint density at radius 2 is 1.95 bits per heavy atom. The van der Waals surface area contributed by atoms with Gasteiger partial charge >= 0.3 is 0 Å². The highest BCUT2D eigenvalue weighted by molar-refractivity contribution is 7.98. The molecule has 0 aliphatic rings. The van der Waals surface area contributed by atoms with Crippen molar-refractivity contribution in [3.8, 4) is 5.75 Å². The van der Waals surface area contributed by atoms with E-state index >= 15 is 0 Å². The summed E-state index contributed by atoms with van der Waals surface area (Å²) in [6.07, 6.45) is -0.570. The number of hydrogen-bond donors (Lipinski definition) is 1. The zero-order chi connectivity index (χ0) is 14.5. The van der Waals surface area contributed by atoms with Crippen molar-refractivity contribution in [2.24, 2.45) is 0 Å². The van der Waals surface area contributed by atoms with E-state index in [0.29, 0.717) is 5.75 Å². The standard InChI is InChI=1S/C16H17ClO2S/c1-11(18)16-14(19-2)8-5-9-15(16)20-10-12-6-3-4-7-13(12)17/h3-9,11,18H,10H2,1-2H3. The van der Waals surface area contributed by atoms with Crippen molar-refractivity contribution in [3.05, 3.63) is 58.6 Å². The molecule has 1 atom stereocenters. The minimum atomic E-state index is -0.570. The van der Waals surface area contributed by atoms with E-state index in [0.717, 1.165) is 26.8 Å². The van der Waals surface area contributed by atoms with Gasteiger partial charge in [0.05, 0.1) is 13.2 Å². The van der Waals surface area contributed by atoms with Crippen LogP contribution in [-0.4, -0.2) is 12.2 Å². The highest BCUT2D eigenvalue weighted by Gasteiger charge is 2.14. The quantitative estimate of drug-likeness (QED) is 0.812. The first-order valence-electron chi connectivity index (χ1n) is 6.34. The molecule has 0 bridgehead atoms. The van der Waals surface area contributed by atoms with Gasteiger partial charge < -0.3 is 9.84 Å². The second-order valence-corrected chi connectivity index (χ2v) is 5.85. The van der Waals surface area contributed by atoms with E-state index in [9.17, 15) is 5.11 Å². The molecule has 2 rings (SSSR count). The lowest BCUT2D eigenvalue weighted by molar-refractivity contribution is 0.191. The molecule has 0 saturated heterocycles. The molecule has 0 aromatic heterocycles. The van der Waals surface area contributed by atoms with Crippen LogP contribution >= 0.6 is 23.4 Å². The van der Waals surface area contributed by atoms with Crippen LogP contribution in [0.1, 0.15) is 24.2 Å². The Hall–Kier alpha value is -1.16. The van der Waals surface area contributed by atoms with Crippen LogP contribution in [0, 0.1) is 0 Å². The summed E-state index contributed by atoms with van der Waals surface area (Å²) in [5.74, 6) is 1.47. The van der Waals surface area contributed by atoms with Gasteiger partial charge in [-0.1, -0.05) is 35.9 Å². The third kappa shape index (κ3) is 3.48. The van der Waals surface area contributed by atoms with Crippen molar-refractivity contribution in [1.82, 2.24) is 0 Å². The van der Waals surface area contributed by atoms with Crippen LogP contribution in [0.25, 0.3) is 0 Å². The molecule has 0 aliphatic heterocycles. The van der Waals surface area contributed by atoms with Gasteiger partial charge in [0, 0.05) is 21.2 Å². The molecular formula is C16H17ClO2S. The number of rotatable bonds is 5. The van der Waals surface area contributed by atoms with Gasteiger partial charge in [-0.15, -0.1) is 11.8 Å². The van der Waals surface area contributed by atoms with E-state index < -0.39 is 6.10 Å². The molecule has 4 heteroatoms. The Morgan fingerprint density at radius 1 is 1.20 bits per heavy atom. The maximum absolute atomic E-state index is 9.95. The molecule has 0 amide bonds. The first-order valence-corrected chi connectivity index (χ1v) is 7.71. The van der Waals surface area contributed by atoms with E-state index in [1.165, 1.54) is 0 Å². The molecule has 0 spiro atoms. The lowest BCUT2D eigenvalue weighted by Crippen LogP contribution is -1.99. The van der Waals surface area contributed by atoms with Gasteiger partial charge in [0.2, 0.25) is 0 Å². The Labute approximate surface area is 128 Å². The molecule has 0 aliphatic carbocycles. The van der Waals surface area contributed by atoms with Crippen LogP contribution in [0.15, 0.2) is 47.4 Å². The van der Waals surface area contributed by atoms with Crippen LogP contribution < -0.4 is 4.74 Å². The molecule has 0 radical (unpaired) electrons. The molecule has 20 heavy (non-hydrogen) atoms. The number of methoxy groups -OCH3 is 1. The van der Waals surface area contributed by atoms with Crippen LogP contribution in [-0.2, 0) is 5.75 Å². The van der Waals surface area contributed by atoms with Crippen molar-refractivity contribution in [3.63, 3.8) is 0 Å². The summed E-state index contributed by atoms with van der Waals surface area (Å²) >= 11 is 7.81. The number of aliphatic hydroxyl groups is 1. The minimum Gasteiger partial charge on any atom is -0.496 e. The molecule has 2 aromatic rings. The first-order chi connectivity index (χ1) is 9.63. The maximum Gasteiger partial charge on any atom is 0.125 e. The van der Waals surface area contributed by atoms with E-state index in [-0.39, 0.29) is 0 Å². The zero-order valence-electron chi connectivity index (χ0n) is 11.5. The summed E-state index contributed by atoms with van der Waals surface area (Å²) in [4.78, 5) is 1.01. The monoisotopic (exact) mass is 308 g/mol. The van der Waals surface area contributed by atoms with Crippen molar-refractivity contribution in [2.75, 3.05) is 7.11 Å². The molecule has 1 unspecified atom stereocenters. The van der Waals surface area contributed by atoms with Gasteiger partial charge in [0.1, 0.15) is 5.75 Å². The largest absolute Gasteiger partial charge is 0.496 e. The van der Waals surface area contributed by atoms with E-state index in [4.69, 9.17) is 16.3 Å². The van der Waals surface area contributed by atoms with Crippen LogP contribution in [0.3, 0.4) is 0 Å². The van der Waals surface area contributed by atoms with E-state index in [2.05, 4.69) is 0 Å². The van der Waals surface area contributed by atoms with Gasteiger partial charge in [-0.3, -0.25) is 0 Å². The van der Waals surface area contributed by atoms with Crippen molar-refractivity contribution >= 4 is 23.4 Å². The second-order valence-electron chi connectivity index (χ2n) is 4.43. The number of ether oxygens (including phenoxy) is 1. The molecule has 1 N–H and O–H groups in total. The fourth-order valence-corrected chi connectivity index (χ4v) is 3.46. The highest BCUT2D eigenvalue weighted by Crippen LogP contribution is 2.36. The highest BCUT2D eigenvalue weighted by atomic mass is 35.5. The molecule has 106 valence electrons. The summed E-state index contributed by atoms with van der Waals surface area (Å²) in [6, 6.07) is 13.6. The summed E-state index contributed by atoms with van der Waals surface area (Å²) in [6.45, 7) is 1.75. The SMILES string of the molecule is COc1cccc(SCc2ccccc2Cl)c1C(C)O. The van der Waals surface area contributed by atoms with Gasteiger partial charge in [0.15, 0.2) is 0 Å². The zero-order valence-corrected chi connectivity index (χ0v) is 13.0. The third-order valence-corrected chi connectivity index (χ3v) is 4.50. The average Bonchev–Trinajstić information content (AvgIpc) is 2.45. The predicted molar refractivity (Wildman–Crippen MR) is 84.6 cm³/mol. The van der Waals surface area contributed by atoms with Gasteiger partial charge in [-0.05, 0) is 30.7 Å². The Kier molecular flexibility index (Phi) is 5.35. The summed E-state index contributed by atoms with van der Waals surface area (Å²) < 4.78 is 5.32. The fraction of sp³-hybridized carbons (Fsp3) is 0.250. The smallest absolute Gasteiger partial charge is 0.125 e. The third-order valence-electron chi connectivity index (χ3n) is 3.00. The molecule has 0 saturated carbocycles. The van der Waals surface area contributed by atoms with Crippen molar-refractivity contribution in [1.29, 1.82) is 0 Å². The number of benzene rings is 2. The van der Waals surface area contributed by atoms with Crippen molar-refractivity contribution < 1.29 is 9.84 Å². The van der Waals surface area contributed by atoms with E-state index in [1.54, 1.807) is 25.8 Å². The fourth-order valence-electron chi connectivity index (χ4n) is 2.01. The molecule has 0 heterocycles. The lowest BCUT2D eigenvalue weighted by Gasteiger charge is -2.16. The Bertz CT molecular complexity index is 584. The Balaban J connectivity index is 2.24. The summed E-state index contributed by atoms with van der Waals surface area (Å²) in [5, 5.41) is 10.7. The molecule has 0 fully saturated rings. The Morgan fingerprint density at radius 3 is 2.60 bits per heavy atom. The summed E-state index contributed by atoms with van der Waals surface area (Å²) in [7, 11) is 1.61. The minimum absolute atomic E-state index is 0.570. The number of halogens is 1. The van der Waals surface area contributed by atoms with Gasteiger partial charge in [0.25, 0.3) is 0 Å². The maximum atomic E-state index is 9.95. The topological polar surface area (TPSA) is 29.5 Å². The first kappa shape index (κ1) is 15.2. The molecule has 2 aromatic carbocycles. The number of thioether (sulfide) groups is 1. The lowest BCUT2D eigenvalue weighted by atomic mass is 10.1. The van der Waals surface area contributed by atoms with Crippen LogP contribution in [0.2, 0.25) is 5.02 Å².